The minimum absolute atomic E-state index is 0.144. The Hall–Kier alpha value is -1.73. The maximum atomic E-state index is 12.4. The smallest absolute Gasteiger partial charge is 0.253 e. The van der Waals surface area contributed by atoms with Gasteiger partial charge in [0.1, 0.15) is 0 Å². The van der Waals surface area contributed by atoms with Crippen LogP contribution in [0.1, 0.15) is 33.3 Å². The van der Waals surface area contributed by atoms with Gasteiger partial charge in [0.05, 0.1) is 11.3 Å². The molecule has 3 aromatic rings. The number of nitrogens with zero attached hydrogens (tertiary/aromatic N) is 4. The maximum absolute atomic E-state index is 12.4. The molecule has 3 aromatic heterocycles. The lowest BCUT2D eigenvalue weighted by Gasteiger charge is -2.21. The highest BCUT2D eigenvalue weighted by molar-refractivity contribution is 7.98. The quantitative estimate of drug-likeness (QED) is 0.680. The van der Waals surface area contributed by atoms with E-state index in [9.17, 15) is 4.79 Å². The van der Waals surface area contributed by atoms with Gasteiger partial charge in [-0.05, 0) is 24.1 Å². The first-order chi connectivity index (χ1) is 10.2. The average molecular weight is 316 g/mol. The normalized spacial score (nSPS) is 18.1. The van der Waals surface area contributed by atoms with Crippen molar-refractivity contribution < 1.29 is 4.79 Å². The first-order valence-corrected chi connectivity index (χ1v) is 8.72. The Balaban J connectivity index is 1.80. The summed E-state index contributed by atoms with van der Waals surface area (Å²) in [7, 11) is 0. The number of fused-ring (bicyclic) bond motifs is 2. The number of aromatic nitrogens is 4. The average Bonchev–Trinajstić information content (AvgIpc) is 3.14. The molecule has 3 heterocycles. The third kappa shape index (κ3) is 2.16. The van der Waals surface area contributed by atoms with Crippen molar-refractivity contribution in [3.63, 3.8) is 0 Å². The summed E-state index contributed by atoms with van der Waals surface area (Å²) in [6.07, 6.45) is 5.04. The lowest BCUT2D eigenvalue weighted by atomic mass is 9.86. The fourth-order valence-corrected chi connectivity index (χ4v) is 3.85. The Morgan fingerprint density at radius 3 is 3.05 bits per heavy atom. The largest absolute Gasteiger partial charge is 0.294 e. The van der Waals surface area contributed by atoms with Gasteiger partial charge < -0.3 is 0 Å². The fourth-order valence-electron chi connectivity index (χ4n) is 2.68. The Labute approximate surface area is 129 Å². The molecule has 0 aromatic carbocycles. The van der Waals surface area contributed by atoms with Crippen molar-refractivity contribution in [1.29, 1.82) is 0 Å². The third-order valence-corrected chi connectivity index (χ3v) is 5.26. The molecule has 0 aliphatic heterocycles. The Morgan fingerprint density at radius 2 is 2.29 bits per heavy atom. The highest BCUT2D eigenvalue weighted by atomic mass is 32.2. The van der Waals surface area contributed by atoms with E-state index in [0.717, 1.165) is 12.1 Å². The number of ketones is 1. The molecule has 0 saturated heterocycles. The van der Waals surface area contributed by atoms with Crippen LogP contribution in [0.5, 0.6) is 0 Å². The third-order valence-electron chi connectivity index (χ3n) is 3.69. The zero-order chi connectivity index (χ0) is 14.4. The summed E-state index contributed by atoms with van der Waals surface area (Å²) < 4.78 is 1.61. The van der Waals surface area contributed by atoms with Crippen molar-refractivity contribution in [2.45, 2.75) is 23.9 Å². The highest BCUT2D eigenvalue weighted by Crippen LogP contribution is 2.34. The summed E-state index contributed by atoms with van der Waals surface area (Å²) >= 11 is 3.17. The van der Waals surface area contributed by atoms with Crippen molar-refractivity contribution >= 4 is 34.7 Å². The van der Waals surface area contributed by atoms with Gasteiger partial charge in [-0.15, -0.1) is 16.4 Å². The van der Waals surface area contributed by atoms with Crippen LogP contribution in [0.4, 0.5) is 0 Å². The van der Waals surface area contributed by atoms with E-state index >= 15 is 0 Å². The van der Waals surface area contributed by atoms with Crippen LogP contribution in [0.25, 0.3) is 5.78 Å². The van der Waals surface area contributed by atoms with Gasteiger partial charge in [0.15, 0.2) is 5.78 Å². The second-order valence-electron chi connectivity index (χ2n) is 4.99. The van der Waals surface area contributed by atoms with E-state index in [1.807, 2.05) is 12.3 Å². The molecular weight excluding hydrogens is 304 g/mol. The van der Waals surface area contributed by atoms with Gasteiger partial charge in [0.2, 0.25) is 5.16 Å². The lowest BCUT2D eigenvalue weighted by molar-refractivity contribution is 0.0963. The Kier molecular flexibility index (Phi) is 3.04. The molecule has 1 aliphatic carbocycles. The first kappa shape index (κ1) is 13.0. The molecule has 106 valence electrons. The molecular formula is C14H12N4OS2. The predicted molar refractivity (Wildman–Crippen MR) is 82.3 cm³/mol. The molecule has 1 atom stereocenters. The number of thiophene rings is 1. The van der Waals surface area contributed by atoms with Crippen LogP contribution in [0.15, 0.2) is 28.9 Å². The molecule has 1 aliphatic rings. The van der Waals surface area contributed by atoms with E-state index in [2.05, 4.69) is 26.5 Å². The summed E-state index contributed by atoms with van der Waals surface area (Å²) in [5, 5.41) is 7.02. The second kappa shape index (κ2) is 4.92. The fraction of sp³-hybridized carbons (Fsp3) is 0.286. The molecule has 0 N–H and O–H groups in total. The van der Waals surface area contributed by atoms with E-state index < -0.39 is 0 Å². The number of thioether (sulfide) groups is 1. The SMILES string of the molecule is CSc1nc2nc3c(cn2n1)C(=O)C[C@H](c1cccs1)C3. The van der Waals surface area contributed by atoms with Crippen molar-refractivity contribution in [3.05, 3.63) is 39.8 Å². The molecule has 21 heavy (non-hydrogen) atoms. The maximum Gasteiger partial charge on any atom is 0.253 e. The number of carbonyl (C=O) groups is 1. The van der Waals surface area contributed by atoms with Crippen LogP contribution >= 0.6 is 23.1 Å². The summed E-state index contributed by atoms with van der Waals surface area (Å²) in [5.74, 6) is 0.950. The number of Topliss-reactive ketones (excluding diaryl/α,β-unsaturated/α-hetero) is 1. The Morgan fingerprint density at radius 1 is 1.38 bits per heavy atom. The van der Waals surface area contributed by atoms with Crippen LogP contribution in [0.3, 0.4) is 0 Å². The molecule has 0 fully saturated rings. The molecule has 4 rings (SSSR count). The van der Waals surface area contributed by atoms with Gasteiger partial charge in [-0.3, -0.25) is 4.79 Å². The topological polar surface area (TPSA) is 60.1 Å². The predicted octanol–water partition coefficient (Wildman–Crippen LogP) is 2.82. The number of hydrogen-bond acceptors (Lipinski definition) is 6. The van der Waals surface area contributed by atoms with Crippen LogP contribution in [-0.2, 0) is 6.42 Å². The first-order valence-electron chi connectivity index (χ1n) is 6.61. The van der Waals surface area contributed by atoms with Gasteiger partial charge >= 0.3 is 0 Å². The molecule has 0 radical (unpaired) electrons. The summed E-state index contributed by atoms with van der Waals surface area (Å²) in [4.78, 5) is 22.6. The van der Waals surface area contributed by atoms with Crippen LogP contribution in [-0.4, -0.2) is 31.6 Å². The standard InChI is InChI=1S/C14H12N4OS2/c1-20-14-16-13-15-10-5-8(12-3-2-4-21-12)6-11(19)9(10)7-18(13)17-14/h2-4,7-8H,5-6H2,1H3/t8-/m1/s1. The van der Waals surface area contributed by atoms with Gasteiger partial charge in [-0.1, -0.05) is 17.8 Å². The minimum atomic E-state index is 0.144. The lowest BCUT2D eigenvalue weighted by Crippen LogP contribution is -2.20. The molecule has 0 unspecified atom stereocenters. The van der Waals surface area contributed by atoms with Gasteiger partial charge in [0.25, 0.3) is 5.78 Å². The monoisotopic (exact) mass is 316 g/mol. The van der Waals surface area contributed by atoms with Crippen LogP contribution in [0.2, 0.25) is 0 Å². The van der Waals surface area contributed by atoms with Crippen LogP contribution in [0, 0.1) is 0 Å². The van der Waals surface area contributed by atoms with Gasteiger partial charge in [-0.2, -0.15) is 4.98 Å². The van der Waals surface area contributed by atoms with Crippen LogP contribution < -0.4 is 0 Å². The van der Waals surface area contributed by atoms with E-state index in [1.165, 1.54) is 16.6 Å². The van der Waals surface area contributed by atoms with E-state index in [1.54, 1.807) is 22.0 Å². The second-order valence-corrected chi connectivity index (χ2v) is 6.74. The zero-order valence-electron chi connectivity index (χ0n) is 11.3. The van der Waals surface area contributed by atoms with E-state index in [-0.39, 0.29) is 11.7 Å². The molecule has 5 nitrogen and oxygen atoms in total. The van der Waals surface area contributed by atoms with Gasteiger partial charge in [0, 0.05) is 23.4 Å². The number of hydrogen-bond donors (Lipinski definition) is 0. The summed E-state index contributed by atoms with van der Waals surface area (Å²) in [5.41, 5.74) is 1.53. The van der Waals surface area contributed by atoms with Gasteiger partial charge in [-0.25, -0.2) is 9.50 Å². The molecule has 0 saturated carbocycles. The summed E-state index contributed by atoms with van der Waals surface area (Å²) in [6, 6.07) is 4.12. The van der Waals surface area contributed by atoms with Crippen molar-refractivity contribution in [2.75, 3.05) is 6.26 Å². The van der Waals surface area contributed by atoms with Crippen molar-refractivity contribution in [1.82, 2.24) is 19.6 Å². The van der Waals surface area contributed by atoms with E-state index in [4.69, 9.17) is 0 Å². The van der Waals surface area contributed by atoms with Crippen molar-refractivity contribution in [3.8, 4) is 0 Å². The highest BCUT2D eigenvalue weighted by Gasteiger charge is 2.29. The summed E-state index contributed by atoms with van der Waals surface area (Å²) in [6.45, 7) is 0. The molecule has 0 amide bonds. The zero-order valence-corrected chi connectivity index (χ0v) is 12.9. The van der Waals surface area contributed by atoms with Crippen molar-refractivity contribution in [2.24, 2.45) is 0 Å². The number of rotatable bonds is 2. The molecule has 7 heteroatoms. The minimum Gasteiger partial charge on any atom is -0.294 e. The van der Waals surface area contributed by atoms with E-state index in [0.29, 0.717) is 22.9 Å². The number of carbonyl (C=O) groups excluding carboxylic acids is 1. The Bertz CT molecular complexity index is 825. The molecule has 0 bridgehead atoms. The molecule has 0 spiro atoms.